The smallest absolute Gasteiger partial charge is 0.407 e. The summed E-state index contributed by atoms with van der Waals surface area (Å²) in [5.74, 6) is -2.09. The van der Waals surface area contributed by atoms with Gasteiger partial charge in [0, 0.05) is 0 Å². The summed E-state index contributed by atoms with van der Waals surface area (Å²) in [5, 5.41) is 4.44. The maximum Gasteiger partial charge on any atom is 0.407 e. The third-order valence-corrected chi connectivity index (χ3v) is 3.89. The van der Waals surface area contributed by atoms with Crippen LogP contribution in [0.2, 0.25) is 0 Å². The molecule has 1 fully saturated rings. The van der Waals surface area contributed by atoms with Crippen LogP contribution in [0.5, 0.6) is 0 Å². The molecule has 1 unspecified atom stereocenters. The van der Waals surface area contributed by atoms with Crippen LogP contribution in [-0.2, 0) is 35.2 Å². The molecule has 1 aromatic rings. The molecule has 9 heteroatoms. The Kier molecular flexibility index (Phi) is 8.41. The van der Waals surface area contributed by atoms with E-state index in [2.05, 4.69) is 10.6 Å². The van der Waals surface area contributed by atoms with Crippen molar-refractivity contribution < 1.29 is 33.4 Å². The Hall–Kier alpha value is -2.94. The van der Waals surface area contributed by atoms with Gasteiger partial charge >= 0.3 is 12.1 Å². The second kappa shape index (κ2) is 11.0. The van der Waals surface area contributed by atoms with Crippen LogP contribution in [-0.4, -0.2) is 49.2 Å². The molecule has 0 spiro atoms. The number of esters is 1. The van der Waals surface area contributed by atoms with Gasteiger partial charge in [0.2, 0.25) is 5.91 Å². The number of ether oxygens (including phenoxy) is 3. The molecule has 0 aromatic heterocycles. The zero-order valence-electron chi connectivity index (χ0n) is 15.6. The molecule has 9 nitrogen and oxygen atoms in total. The second-order valence-electron chi connectivity index (χ2n) is 6.23. The number of rotatable bonds is 10. The summed E-state index contributed by atoms with van der Waals surface area (Å²) in [6.07, 6.45) is -0.704. The molecular formula is C19H24N2O7. The minimum Gasteiger partial charge on any atom is -0.450 e. The molecule has 2 rings (SSSR count). The molecule has 3 amide bonds. The van der Waals surface area contributed by atoms with E-state index in [0.29, 0.717) is 6.42 Å². The number of hydrogen-bond acceptors (Lipinski definition) is 7. The minimum absolute atomic E-state index is 0.182. The van der Waals surface area contributed by atoms with Gasteiger partial charge in [-0.05, 0) is 12.0 Å². The summed E-state index contributed by atoms with van der Waals surface area (Å²) in [6, 6.07) is 8.10. The van der Waals surface area contributed by atoms with Crippen LogP contribution in [0, 0.1) is 0 Å². The van der Waals surface area contributed by atoms with Crippen LogP contribution in [0.15, 0.2) is 30.3 Å². The molecule has 2 N–H and O–H groups in total. The molecule has 1 saturated heterocycles. The van der Waals surface area contributed by atoms with Crippen LogP contribution in [0.3, 0.4) is 0 Å². The first-order valence-corrected chi connectivity index (χ1v) is 9.08. The van der Waals surface area contributed by atoms with Crippen LogP contribution in [0.1, 0.15) is 31.7 Å². The average Bonchev–Trinajstić information content (AvgIpc) is 2.98. The number of carbonyl (C=O) groups is 4. The zero-order chi connectivity index (χ0) is 20.4. The van der Waals surface area contributed by atoms with E-state index in [4.69, 9.17) is 14.2 Å². The van der Waals surface area contributed by atoms with Gasteiger partial charge in [0.05, 0.1) is 26.2 Å². The molecule has 1 aliphatic rings. The fraction of sp³-hybridized carbons (Fsp3) is 0.474. The number of imide groups is 1. The van der Waals surface area contributed by atoms with Gasteiger partial charge in [-0.15, -0.1) is 0 Å². The van der Waals surface area contributed by atoms with Crippen molar-refractivity contribution in [1.29, 1.82) is 0 Å². The van der Waals surface area contributed by atoms with Crippen LogP contribution in [0.4, 0.5) is 4.79 Å². The number of alkyl carbamates (subject to hydrolysis) is 1. The van der Waals surface area contributed by atoms with Crippen LogP contribution in [0.25, 0.3) is 0 Å². The minimum atomic E-state index is -1.21. The van der Waals surface area contributed by atoms with Crippen molar-refractivity contribution >= 4 is 23.9 Å². The van der Waals surface area contributed by atoms with Gasteiger partial charge in [0.15, 0.2) is 12.1 Å². The lowest BCUT2D eigenvalue weighted by atomic mass is 10.2. The maximum absolute atomic E-state index is 12.4. The highest BCUT2D eigenvalue weighted by atomic mass is 16.6. The number of nitrogens with one attached hydrogen (secondary N) is 2. The molecule has 1 heterocycles. The van der Waals surface area contributed by atoms with Gasteiger partial charge in [-0.2, -0.15) is 0 Å². The molecule has 2 atom stereocenters. The first-order valence-electron chi connectivity index (χ1n) is 9.08. The summed E-state index contributed by atoms with van der Waals surface area (Å²) in [4.78, 5) is 47.1. The summed E-state index contributed by atoms with van der Waals surface area (Å²) in [7, 11) is 0. The van der Waals surface area contributed by atoms with E-state index in [1.54, 1.807) is 0 Å². The first kappa shape index (κ1) is 21.4. The van der Waals surface area contributed by atoms with E-state index in [1.165, 1.54) is 0 Å². The zero-order valence-corrected chi connectivity index (χ0v) is 15.6. The van der Waals surface area contributed by atoms with Crippen LogP contribution < -0.4 is 10.6 Å². The molecular weight excluding hydrogens is 368 g/mol. The van der Waals surface area contributed by atoms with Crippen molar-refractivity contribution in [2.75, 3.05) is 13.2 Å². The normalized spacial score (nSPS) is 17.0. The lowest BCUT2D eigenvalue weighted by molar-refractivity contribution is -0.157. The van der Waals surface area contributed by atoms with Crippen molar-refractivity contribution in [3.63, 3.8) is 0 Å². The predicted molar refractivity (Wildman–Crippen MR) is 96.9 cm³/mol. The third kappa shape index (κ3) is 6.99. The fourth-order valence-corrected chi connectivity index (χ4v) is 2.38. The Balaban J connectivity index is 1.91. The van der Waals surface area contributed by atoms with Gasteiger partial charge in [-0.25, -0.2) is 9.59 Å². The summed E-state index contributed by atoms with van der Waals surface area (Å²) in [6.45, 7) is 2.21. The molecule has 0 aliphatic carbocycles. The number of amides is 3. The van der Waals surface area contributed by atoms with Gasteiger partial charge in [-0.1, -0.05) is 43.7 Å². The lowest BCUT2D eigenvalue weighted by Gasteiger charge is -2.19. The molecule has 1 aliphatic heterocycles. The van der Waals surface area contributed by atoms with Gasteiger partial charge in [0.1, 0.15) is 0 Å². The Labute approximate surface area is 162 Å². The van der Waals surface area contributed by atoms with E-state index >= 15 is 0 Å². The molecule has 152 valence electrons. The summed E-state index contributed by atoms with van der Waals surface area (Å²) >= 11 is 0. The first-order chi connectivity index (χ1) is 13.5. The van der Waals surface area contributed by atoms with Crippen molar-refractivity contribution in [2.24, 2.45) is 0 Å². The maximum atomic E-state index is 12.4. The van der Waals surface area contributed by atoms with Crippen molar-refractivity contribution in [3.05, 3.63) is 35.9 Å². The van der Waals surface area contributed by atoms with E-state index < -0.39 is 36.0 Å². The highest BCUT2D eigenvalue weighted by Crippen LogP contribution is 2.09. The lowest BCUT2D eigenvalue weighted by Crippen LogP contribution is -2.47. The quantitative estimate of drug-likeness (QED) is 0.347. The molecule has 0 bridgehead atoms. The Morgan fingerprint density at radius 3 is 2.64 bits per heavy atom. The third-order valence-electron chi connectivity index (χ3n) is 3.89. The highest BCUT2D eigenvalue weighted by Gasteiger charge is 2.36. The summed E-state index contributed by atoms with van der Waals surface area (Å²) in [5.41, 5.74) is 0.890. The van der Waals surface area contributed by atoms with Gasteiger partial charge in [-0.3, -0.25) is 14.9 Å². The number of hydrogen-bond donors (Lipinski definition) is 2. The monoisotopic (exact) mass is 392 g/mol. The molecule has 0 radical (unpaired) electrons. The standard InChI is InChI=1S/C19H24N2O7/c1-2-3-9-27-19(25)20-14(12-26-11-13-7-5-4-6-8-13)18(24)28-15-10-16(22)21-17(15)23/h4-8,14-15H,2-3,9-12H2,1H3,(H,20,25)(H,21,22,23)/t14-,15?/m0/s1. The summed E-state index contributed by atoms with van der Waals surface area (Å²) < 4.78 is 15.6. The topological polar surface area (TPSA) is 120 Å². The Morgan fingerprint density at radius 1 is 1.25 bits per heavy atom. The average molecular weight is 392 g/mol. The molecule has 28 heavy (non-hydrogen) atoms. The van der Waals surface area contributed by atoms with E-state index in [1.807, 2.05) is 37.3 Å². The van der Waals surface area contributed by atoms with E-state index in [0.717, 1.165) is 12.0 Å². The largest absolute Gasteiger partial charge is 0.450 e. The van der Waals surface area contributed by atoms with E-state index in [-0.39, 0.29) is 26.2 Å². The van der Waals surface area contributed by atoms with Gasteiger partial charge < -0.3 is 19.5 Å². The van der Waals surface area contributed by atoms with Crippen LogP contribution >= 0.6 is 0 Å². The fourth-order valence-electron chi connectivity index (χ4n) is 2.38. The predicted octanol–water partition coefficient (Wildman–Crippen LogP) is 1.06. The van der Waals surface area contributed by atoms with E-state index in [9.17, 15) is 19.2 Å². The second-order valence-corrected chi connectivity index (χ2v) is 6.23. The number of carbonyl (C=O) groups excluding carboxylic acids is 4. The Bertz CT molecular complexity index is 693. The van der Waals surface area contributed by atoms with Crippen molar-refractivity contribution in [2.45, 2.75) is 44.9 Å². The highest BCUT2D eigenvalue weighted by molar-refractivity contribution is 6.05. The number of unbranched alkanes of at least 4 members (excludes halogenated alkanes) is 1. The molecule has 0 saturated carbocycles. The van der Waals surface area contributed by atoms with Crippen molar-refractivity contribution in [1.82, 2.24) is 10.6 Å². The van der Waals surface area contributed by atoms with Crippen molar-refractivity contribution in [3.8, 4) is 0 Å². The Morgan fingerprint density at radius 2 is 2.00 bits per heavy atom. The number of benzene rings is 1. The SMILES string of the molecule is CCCCOC(=O)N[C@@H](COCc1ccccc1)C(=O)OC1CC(=O)NC1=O. The molecule has 1 aromatic carbocycles. The van der Waals surface area contributed by atoms with Gasteiger partial charge in [0.25, 0.3) is 5.91 Å².